The van der Waals surface area contributed by atoms with Gasteiger partial charge in [0.2, 0.25) is 11.9 Å². The Morgan fingerprint density at radius 1 is 0.875 bits per heavy atom. The number of aromatic nitrogens is 3. The number of rotatable bonds is 5. The third kappa shape index (κ3) is 4.66. The topological polar surface area (TPSA) is 62.7 Å². The molecule has 1 aromatic heterocycles. The van der Waals surface area contributed by atoms with Crippen molar-refractivity contribution in [3.63, 3.8) is 0 Å². The summed E-state index contributed by atoms with van der Waals surface area (Å²) in [6, 6.07) is 10.8. The zero-order chi connectivity index (χ0) is 16.8. The number of hydrogen-bond donors (Lipinski definition) is 2. The summed E-state index contributed by atoms with van der Waals surface area (Å²) in [5, 5.41) is 6.85. The molecule has 1 saturated carbocycles. The van der Waals surface area contributed by atoms with Gasteiger partial charge in [0.1, 0.15) is 0 Å². The van der Waals surface area contributed by atoms with Crippen molar-refractivity contribution < 1.29 is 0 Å². The average Bonchev–Trinajstić information content (AvgIpc) is 2.83. The SMILES string of the molecule is CC(C)Nc1nc(NC2CCCCCC2)nc(-c2ccccc2)n1. The first-order valence-electron chi connectivity index (χ1n) is 9.05. The molecule has 1 aromatic carbocycles. The summed E-state index contributed by atoms with van der Waals surface area (Å²) in [6.07, 6.45) is 7.63. The van der Waals surface area contributed by atoms with E-state index < -0.39 is 0 Å². The Morgan fingerprint density at radius 3 is 2.21 bits per heavy atom. The summed E-state index contributed by atoms with van der Waals surface area (Å²) >= 11 is 0. The van der Waals surface area contributed by atoms with Gasteiger partial charge >= 0.3 is 0 Å². The van der Waals surface area contributed by atoms with Gasteiger partial charge in [-0.2, -0.15) is 15.0 Å². The Labute approximate surface area is 144 Å². The van der Waals surface area contributed by atoms with Crippen molar-refractivity contribution in [2.45, 2.75) is 64.5 Å². The van der Waals surface area contributed by atoms with Crippen LogP contribution in [0.1, 0.15) is 52.4 Å². The fourth-order valence-corrected chi connectivity index (χ4v) is 3.09. The predicted octanol–water partition coefficient (Wildman–Crippen LogP) is 4.49. The van der Waals surface area contributed by atoms with Crippen LogP contribution in [0.15, 0.2) is 30.3 Å². The van der Waals surface area contributed by atoms with Crippen LogP contribution in [0.25, 0.3) is 11.4 Å². The lowest BCUT2D eigenvalue weighted by atomic mass is 10.1. The highest BCUT2D eigenvalue weighted by Gasteiger charge is 2.15. The molecule has 0 spiro atoms. The molecule has 1 fully saturated rings. The maximum atomic E-state index is 4.66. The lowest BCUT2D eigenvalue weighted by Crippen LogP contribution is -2.21. The van der Waals surface area contributed by atoms with Crippen molar-refractivity contribution in [1.82, 2.24) is 15.0 Å². The Kier molecular flexibility index (Phi) is 5.62. The maximum absolute atomic E-state index is 4.66. The smallest absolute Gasteiger partial charge is 0.228 e. The first kappa shape index (κ1) is 16.7. The molecule has 0 saturated heterocycles. The van der Waals surface area contributed by atoms with Crippen molar-refractivity contribution >= 4 is 11.9 Å². The van der Waals surface area contributed by atoms with Crippen molar-refractivity contribution in [2.75, 3.05) is 10.6 Å². The van der Waals surface area contributed by atoms with Gasteiger partial charge in [-0.25, -0.2) is 0 Å². The molecule has 2 N–H and O–H groups in total. The van der Waals surface area contributed by atoms with E-state index in [1.54, 1.807) is 0 Å². The van der Waals surface area contributed by atoms with Gasteiger partial charge in [-0.1, -0.05) is 56.0 Å². The fourth-order valence-electron chi connectivity index (χ4n) is 3.09. The van der Waals surface area contributed by atoms with Gasteiger partial charge in [-0.15, -0.1) is 0 Å². The molecule has 24 heavy (non-hydrogen) atoms. The molecule has 2 aromatic rings. The summed E-state index contributed by atoms with van der Waals surface area (Å²) in [5.41, 5.74) is 1.01. The van der Waals surface area contributed by atoms with Crippen LogP contribution in [0, 0.1) is 0 Å². The molecule has 1 aliphatic rings. The van der Waals surface area contributed by atoms with Gasteiger partial charge in [-0.05, 0) is 26.7 Å². The molecular weight excluding hydrogens is 298 g/mol. The van der Waals surface area contributed by atoms with E-state index in [1.807, 2.05) is 30.3 Å². The van der Waals surface area contributed by atoms with Crippen LogP contribution in [0.3, 0.4) is 0 Å². The summed E-state index contributed by atoms with van der Waals surface area (Å²) in [4.78, 5) is 13.8. The third-order valence-corrected chi connectivity index (χ3v) is 4.27. The molecule has 5 nitrogen and oxygen atoms in total. The molecule has 3 rings (SSSR count). The van der Waals surface area contributed by atoms with Gasteiger partial charge in [0, 0.05) is 17.6 Å². The molecular formula is C19H27N5. The lowest BCUT2D eigenvalue weighted by molar-refractivity contribution is 0.614. The fraction of sp³-hybridized carbons (Fsp3) is 0.526. The van der Waals surface area contributed by atoms with Crippen LogP contribution < -0.4 is 10.6 Å². The van der Waals surface area contributed by atoms with E-state index in [-0.39, 0.29) is 6.04 Å². The van der Waals surface area contributed by atoms with E-state index in [0.717, 1.165) is 5.56 Å². The second-order valence-electron chi connectivity index (χ2n) is 6.80. The van der Waals surface area contributed by atoms with Crippen molar-refractivity contribution in [1.29, 1.82) is 0 Å². The quantitative estimate of drug-likeness (QED) is 0.793. The highest BCUT2D eigenvalue weighted by Crippen LogP contribution is 2.22. The number of nitrogens with zero attached hydrogens (tertiary/aromatic N) is 3. The van der Waals surface area contributed by atoms with Crippen LogP contribution >= 0.6 is 0 Å². The van der Waals surface area contributed by atoms with E-state index in [2.05, 4.69) is 39.4 Å². The van der Waals surface area contributed by atoms with Gasteiger partial charge in [0.15, 0.2) is 5.82 Å². The van der Waals surface area contributed by atoms with E-state index in [1.165, 1.54) is 38.5 Å². The van der Waals surface area contributed by atoms with Crippen molar-refractivity contribution in [3.8, 4) is 11.4 Å². The molecule has 0 aliphatic heterocycles. The monoisotopic (exact) mass is 325 g/mol. The highest BCUT2D eigenvalue weighted by molar-refractivity contribution is 5.57. The molecule has 1 heterocycles. The number of benzene rings is 1. The van der Waals surface area contributed by atoms with Crippen molar-refractivity contribution in [3.05, 3.63) is 30.3 Å². The molecule has 128 valence electrons. The summed E-state index contributed by atoms with van der Waals surface area (Å²) in [7, 11) is 0. The first-order valence-corrected chi connectivity index (χ1v) is 9.05. The molecule has 0 bridgehead atoms. The van der Waals surface area contributed by atoms with Gasteiger partial charge in [-0.3, -0.25) is 0 Å². The van der Waals surface area contributed by atoms with Crippen LogP contribution in [-0.4, -0.2) is 27.0 Å². The summed E-state index contributed by atoms with van der Waals surface area (Å²) in [6.45, 7) is 4.18. The second-order valence-corrected chi connectivity index (χ2v) is 6.80. The van der Waals surface area contributed by atoms with Crippen LogP contribution in [0.5, 0.6) is 0 Å². The van der Waals surface area contributed by atoms with Crippen LogP contribution in [0.2, 0.25) is 0 Å². The van der Waals surface area contributed by atoms with E-state index in [9.17, 15) is 0 Å². The molecule has 0 radical (unpaired) electrons. The predicted molar refractivity (Wildman–Crippen MR) is 99.1 cm³/mol. The zero-order valence-electron chi connectivity index (χ0n) is 14.6. The maximum Gasteiger partial charge on any atom is 0.228 e. The average molecular weight is 325 g/mol. The van der Waals surface area contributed by atoms with Gasteiger partial charge < -0.3 is 10.6 Å². The molecule has 0 atom stereocenters. The van der Waals surface area contributed by atoms with Gasteiger partial charge in [0.05, 0.1) is 0 Å². The normalized spacial score (nSPS) is 16.0. The highest BCUT2D eigenvalue weighted by atomic mass is 15.2. The number of nitrogens with one attached hydrogen (secondary N) is 2. The first-order chi connectivity index (χ1) is 11.7. The molecule has 0 unspecified atom stereocenters. The van der Waals surface area contributed by atoms with Crippen LogP contribution in [-0.2, 0) is 0 Å². The van der Waals surface area contributed by atoms with Crippen molar-refractivity contribution in [2.24, 2.45) is 0 Å². The van der Waals surface area contributed by atoms with E-state index >= 15 is 0 Å². The minimum absolute atomic E-state index is 0.279. The summed E-state index contributed by atoms with van der Waals surface area (Å²) < 4.78 is 0. The summed E-state index contributed by atoms with van der Waals surface area (Å²) in [5.74, 6) is 2.03. The van der Waals surface area contributed by atoms with E-state index in [4.69, 9.17) is 0 Å². The number of anilines is 2. The second kappa shape index (κ2) is 8.08. The Balaban J connectivity index is 1.86. The lowest BCUT2D eigenvalue weighted by Gasteiger charge is -2.17. The zero-order valence-corrected chi connectivity index (χ0v) is 14.6. The number of hydrogen-bond acceptors (Lipinski definition) is 5. The van der Waals surface area contributed by atoms with Crippen LogP contribution in [0.4, 0.5) is 11.9 Å². The molecule has 1 aliphatic carbocycles. The molecule has 5 heteroatoms. The minimum Gasteiger partial charge on any atom is -0.352 e. The Morgan fingerprint density at radius 2 is 1.54 bits per heavy atom. The largest absolute Gasteiger partial charge is 0.352 e. The standard InChI is InChI=1S/C19H27N5/c1-14(2)20-18-22-17(15-10-6-5-7-11-15)23-19(24-18)21-16-12-8-3-4-9-13-16/h5-7,10-11,14,16H,3-4,8-9,12-13H2,1-2H3,(H2,20,21,22,23,24). The minimum atomic E-state index is 0.279. The van der Waals surface area contributed by atoms with Gasteiger partial charge in [0.25, 0.3) is 0 Å². The Bertz CT molecular complexity index is 633. The Hall–Kier alpha value is -2.17. The van der Waals surface area contributed by atoms with E-state index in [0.29, 0.717) is 23.8 Å². The molecule has 0 amide bonds. The third-order valence-electron chi connectivity index (χ3n) is 4.27.